The highest BCUT2D eigenvalue weighted by Crippen LogP contribution is 2.34. The van der Waals surface area contributed by atoms with E-state index in [1.165, 1.54) is 11.7 Å². The van der Waals surface area contributed by atoms with Gasteiger partial charge in [-0.25, -0.2) is 4.98 Å². The molecule has 1 amide bonds. The minimum absolute atomic E-state index is 0.0105. The van der Waals surface area contributed by atoms with Crippen molar-refractivity contribution in [2.75, 3.05) is 7.11 Å². The lowest BCUT2D eigenvalue weighted by Gasteiger charge is -2.17. The van der Waals surface area contributed by atoms with Crippen molar-refractivity contribution in [3.63, 3.8) is 0 Å². The van der Waals surface area contributed by atoms with Gasteiger partial charge in [0.05, 0.1) is 24.4 Å². The highest BCUT2D eigenvalue weighted by Gasteiger charge is 2.23. The van der Waals surface area contributed by atoms with Gasteiger partial charge in [0.2, 0.25) is 5.91 Å². The summed E-state index contributed by atoms with van der Waals surface area (Å²) in [6.07, 6.45) is 0.0105. The van der Waals surface area contributed by atoms with Gasteiger partial charge >= 0.3 is 5.97 Å². The molecule has 0 bridgehead atoms. The average molecular weight is 397 g/mol. The molecule has 144 valence electrons. The Kier molecular flexibility index (Phi) is 6.10. The largest absolute Gasteiger partial charge is 0.469 e. The first-order valence-corrected chi connectivity index (χ1v) is 9.46. The minimum atomic E-state index is -0.723. The second kappa shape index (κ2) is 8.71. The van der Waals surface area contributed by atoms with Crippen molar-refractivity contribution in [1.82, 2.24) is 9.55 Å². The molecular weight excluding hydrogens is 378 g/mol. The van der Waals surface area contributed by atoms with Crippen LogP contribution in [0.25, 0.3) is 10.9 Å². The number of amides is 1. The van der Waals surface area contributed by atoms with Crippen LogP contribution in [0.1, 0.15) is 17.2 Å². The second-order valence-corrected chi connectivity index (χ2v) is 7.08. The number of rotatable bonds is 7. The molecule has 0 saturated heterocycles. The highest BCUT2D eigenvalue weighted by atomic mass is 32.2. The predicted octanol–water partition coefficient (Wildman–Crippen LogP) is 2.28. The van der Waals surface area contributed by atoms with Crippen molar-refractivity contribution in [2.45, 2.75) is 23.4 Å². The van der Waals surface area contributed by atoms with Crippen molar-refractivity contribution in [1.29, 1.82) is 0 Å². The molecular formula is C20H19N3O4S. The zero-order valence-electron chi connectivity index (χ0n) is 15.2. The summed E-state index contributed by atoms with van der Waals surface area (Å²) in [7, 11) is 1.29. The van der Waals surface area contributed by atoms with Crippen molar-refractivity contribution in [3.05, 3.63) is 70.5 Å². The molecule has 0 saturated carbocycles. The summed E-state index contributed by atoms with van der Waals surface area (Å²) in [6.45, 7) is 0.0892. The normalized spacial score (nSPS) is 11.9. The van der Waals surface area contributed by atoms with Gasteiger partial charge in [-0.2, -0.15) is 0 Å². The summed E-state index contributed by atoms with van der Waals surface area (Å²) in [5.41, 5.74) is 6.55. The number of ether oxygens (including phenoxy) is 1. The molecule has 0 spiro atoms. The first-order chi connectivity index (χ1) is 13.5. The van der Waals surface area contributed by atoms with E-state index >= 15 is 0 Å². The third-order valence-electron chi connectivity index (χ3n) is 4.18. The van der Waals surface area contributed by atoms with Crippen molar-refractivity contribution >= 4 is 34.5 Å². The van der Waals surface area contributed by atoms with E-state index in [9.17, 15) is 14.4 Å². The third kappa shape index (κ3) is 4.23. The first-order valence-electron chi connectivity index (χ1n) is 8.58. The molecule has 0 unspecified atom stereocenters. The molecule has 0 aliphatic carbocycles. The molecule has 8 heteroatoms. The number of primary amides is 1. The Morgan fingerprint density at radius 3 is 2.50 bits per heavy atom. The van der Waals surface area contributed by atoms with E-state index in [0.29, 0.717) is 21.6 Å². The maximum Gasteiger partial charge on any atom is 0.307 e. The van der Waals surface area contributed by atoms with Crippen molar-refractivity contribution < 1.29 is 14.3 Å². The summed E-state index contributed by atoms with van der Waals surface area (Å²) >= 11 is 1.09. The maximum absolute atomic E-state index is 13.0. The fraction of sp³-hybridized carbons (Fsp3) is 0.200. The van der Waals surface area contributed by atoms with E-state index in [-0.39, 0.29) is 18.5 Å². The maximum atomic E-state index is 13.0. The van der Waals surface area contributed by atoms with Crippen LogP contribution >= 0.6 is 11.8 Å². The van der Waals surface area contributed by atoms with E-state index in [2.05, 4.69) is 9.72 Å². The van der Waals surface area contributed by atoms with Gasteiger partial charge in [-0.1, -0.05) is 54.2 Å². The number of carbonyl (C=O) groups excluding carboxylic acids is 2. The Morgan fingerprint density at radius 1 is 1.14 bits per heavy atom. The van der Waals surface area contributed by atoms with Crippen molar-refractivity contribution in [2.24, 2.45) is 5.73 Å². The number of esters is 1. The van der Waals surface area contributed by atoms with Crippen LogP contribution in [0.2, 0.25) is 0 Å². The Balaban J connectivity index is 2.08. The Labute approximate surface area is 165 Å². The number of hydrogen-bond acceptors (Lipinski definition) is 6. The third-order valence-corrected chi connectivity index (χ3v) is 5.44. The van der Waals surface area contributed by atoms with Crippen LogP contribution in [0.5, 0.6) is 0 Å². The fourth-order valence-corrected chi connectivity index (χ4v) is 3.84. The molecule has 1 atom stereocenters. The lowest BCUT2D eigenvalue weighted by atomic mass is 10.1. The standard InChI is InChI=1S/C20H19N3O4S/c1-27-16(24)11-12-23-19(26)14-9-5-6-10-15(14)22-20(23)28-17(18(21)25)13-7-3-2-4-8-13/h2-10,17H,11-12H2,1H3,(H2,21,25)/t17-/m1/s1. The monoisotopic (exact) mass is 397 g/mol. The molecule has 1 aromatic heterocycles. The molecule has 2 N–H and O–H groups in total. The Morgan fingerprint density at radius 2 is 1.82 bits per heavy atom. The fourth-order valence-electron chi connectivity index (χ4n) is 2.76. The van der Waals surface area contributed by atoms with Crippen LogP contribution in [-0.2, 0) is 20.9 Å². The number of para-hydroxylation sites is 1. The second-order valence-electron chi connectivity index (χ2n) is 6.01. The van der Waals surface area contributed by atoms with Gasteiger partial charge in [-0.15, -0.1) is 0 Å². The highest BCUT2D eigenvalue weighted by molar-refractivity contribution is 8.00. The van der Waals surface area contributed by atoms with Gasteiger partial charge in [0.15, 0.2) is 5.16 Å². The van der Waals surface area contributed by atoms with Gasteiger partial charge in [0.25, 0.3) is 5.56 Å². The van der Waals surface area contributed by atoms with E-state index < -0.39 is 17.1 Å². The van der Waals surface area contributed by atoms with Crippen LogP contribution in [0.3, 0.4) is 0 Å². The summed E-state index contributed by atoms with van der Waals surface area (Å²) in [5, 5.41) is 0.0333. The lowest BCUT2D eigenvalue weighted by Crippen LogP contribution is -2.26. The van der Waals surface area contributed by atoms with Crippen LogP contribution in [0, 0.1) is 0 Å². The smallest absolute Gasteiger partial charge is 0.307 e. The average Bonchev–Trinajstić information content (AvgIpc) is 2.71. The summed E-state index contributed by atoms with van der Waals surface area (Å²) < 4.78 is 6.06. The number of nitrogens with zero attached hydrogens (tertiary/aromatic N) is 2. The summed E-state index contributed by atoms with van der Waals surface area (Å²) in [4.78, 5) is 41.2. The van der Waals surface area contributed by atoms with Crippen molar-refractivity contribution in [3.8, 4) is 0 Å². The number of benzene rings is 2. The van der Waals surface area contributed by atoms with Gasteiger partial charge in [-0.05, 0) is 17.7 Å². The number of nitrogens with two attached hydrogens (primary N) is 1. The molecule has 7 nitrogen and oxygen atoms in total. The molecule has 0 fully saturated rings. The lowest BCUT2D eigenvalue weighted by molar-refractivity contribution is -0.140. The number of hydrogen-bond donors (Lipinski definition) is 1. The number of thioether (sulfide) groups is 1. The van der Waals surface area contributed by atoms with Crippen LogP contribution in [0.4, 0.5) is 0 Å². The summed E-state index contributed by atoms with van der Waals surface area (Å²) in [6, 6.07) is 16.0. The molecule has 0 aliphatic heterocycles. The van der Waals surface area contributed by atoms with Gasteiger partial charge in [-0.3, -0.25) is 19.0 Å². The van der Waals surface area contributed by atoms with Gasteiger partial charge in [0.1, 0.15) is 5.25 Å². The van der Waals surface area contributed by atoms with Crippen LogP contribution in [-0.4, -0.2) is 28.5 Å². The van der Waals surface area contributed by atoms with Gasteiger partial charge in [0, 0.05) is 6.54 Å². The number of fused-ring (bicyclic) bond motifs is 1. The molecule has 1 heterocycles. The van der Waals surface area contributed by atoms with E-state index in [1.54, 1.807) is 36.4 Å². The van der Waals surface area contributed by atoms with E-state index in [0.717, 1.165) is 11.8 Å². The quantitative estimate of drug-likeness (QED) is 0.373. The zero-order chi connectivity index (χ0) is 20.1. The Hall–Kier alpha value is -3.13. The number of carbonyl (C=O) groups is 2. The van der Waals surface area contributed by atoms with Crippen LogP contribution in [0.15, 0.2) is 64.5 Å². The molecule has 3 rings (SSSR count). The van der Waals surface area contributed by atoms with Crippen LogP contribution < -0.4 is 11.3 Å². The molecule has 28 heavy (non-hydrogen) atoms. The number of methoxy groups -OCH3 is 1. The van der Waals surface area contributed by atoms with E-state index in [4.69, 9.17) is 5.73 Å². The Bertz CT molecular complexity index is 1070. The molecule has 0 aliphatic rings. The molecule has 3 aromatic rings. The van der Waals surface area contributed by atoms with E-state index in [1.807, 2.05) is 18.2 Å². The molecule has 0 radical (unpaired) electrons. The first kappa shape index (κ1) is 19.6. The number of aromatic nitrogens is 2. The SMILES string of the molecule is COC(=O)CCn1c(S[C@@H](C(N)=O)c2ccccc2)nc2ccccc2c1=O. The summed E-state index contributed by atoms with van der Waals surface area (Å²) in [5.74, 6) is -0.983. The predicted molar refractivity (Wildman–Crippen MR) is 107 cm³/mol. The zero-order valence-corrected chi connectivity index (χ0v) is 16.0. The minimum Gasteiger partial charge on any atom is -0.469 e. The molecule has 2 aromatic carbocycles. The van der Waals surface area contributed by atoms with Gasteiger partial charge < -0.3 is 10.5 Å². The topological polar surface area (TPSA) is 104 Å².